The molecule has 1 amide bonds. The van der Waals surface area contributed by atoms with Gasteiger partial charge in [0.1, 0.15) is 11.6 Å². The molecule has 0 saturated heterocycles. The Morgan fingerprint density at radius 2 is 2.29 bits per heavy atom. The fourth-order valence-corrected chi connectivity index (χ4v) is 3.04. The molecule has 0 radical (unpaired) electrons. The van der Waals surface area contributed by atoms with E-state index in [2.05, 4.69) is 5.10 Å². The van der Waals surface area contributed by atoms with E-state index < -0.39 is 5.82 Å². The number of benzene rings is 1. The number of carbonyl (C=O) groups excluding carboxylic acids is 1. The van der Waals surface area contributed by atoms with E-state index in [0.29, 0.717) is 30.8 Å². The van der Waals surface area contributed by atoms with Crippen LogP contribution in [-0.4, -0.2) is 45.5 Å². The molecule has 1 aliphatic rings. The van der Waals surface area contributed by atoms with E-state index in [0.717, 1.165) is 5.69 Å². The average Bonchev–Trinajstić information content (AvgIpc) is 2.95. The van der Waals surface area contributed by atoms with Crippen LogP contribution in [0.3, 0.4) is 0 Å². The predicted molar refractivity (Wildman–Crippen MR) is 84.9 cm³/mol. The van der Waals surface area contributed by atoms with Gasteiger partial charge in [0.15, 0.2) is 0 Å². The quantitative estimate of drug-likeness (QED) is 0.918. The molecule has 1 aliphatic heterocycles. The SMILES string of the molecule is COc1cc(F)ccc1CC(=O)N1Cc2ccnn2CCC1CO. The van der Waals surface area contributed by atoms with E-state index in [-0.39, 0.29) is 25.0 Å². The molecule has 0 saturated carbocycles. The zero-order chi connectivity index (χ0) is 17.1. The molecule has 0 bridgehead atoms. The topological polar surface area (TPSA) is 67.6 Å². The van der Waals surface area contributed by atoms with E-state index in [1.54, 1.807) is 17.2 Å². The number of methoxy groups -OCH3 is 1. The number of hydrogen-bond donors (Lipinski definition) is 1. The highest BCUT2D eigenvalue weighted by molar-refractivity contribution is 5.80. The molecule has 0 spiro atoms. The third-order valence-electron chi connectivity index (χ3n) is 4.37. The van der Waals surface area contributed by atoms with E-state index in [1.807, 2.05) is 10.7 Å². The van der Waals surface area contributed by atoms with Gasteiger partial charge in [-0.1, -0.05) is 6.07 Å². The smallest absolute Gasteiger partial charge is 0.227 e. The zero-order valence-corrected chi connectivity index (χ0v) is 13.5. The number of fused-ring (bicyclic) bond motifs is 1. The first kappa shape index (κ1) is 16.4. The summed E-state index contributed by atoms with van der Waals surface area (Å²) in [7, 11) is 1.45. The van der Waals surface area contributed by atoms with Crippen molar-refractivity contribution in [2.75, 3.05) is 13.7 Å². The molecule has 3 rings (SSSR count). The van der Waals surface area contributed by atoms with E-state index >= 15 is 0 Å². The van der Waals surface area contributed by atoms with Crippen molar-refractivity contribution in [3.63, 3.8) is 0 Å². The van der Waals surface area contributed by atoms with Crippen LogP contribution in [0.5, 0.6) is 5.75 Å². The third kappa shape index (κ3) is 3.26. The van der Waals surface area contributed by atoms with Gasteiger partial charge in [0.2, 0.25) is 5.91 Å². The summed E-state index contributed by atoms with van der Waals surface area (Å²) in [6, 6.07) is 5.75. The van der Waals surface area contributed by atoms with E-state index in [1.165, 1.54) is 19.2 Å². The average molecular weight is 333 g/mol. The van der Waals surface area contributed by atoms with Crippen LogP contribution in [0.1, 0.15) is 17.7 Å². The lowest BCUT2D eigenvalue weighted by atomic mass is 10.1. The minimum Gasteiger partial charge on any atom is -0.496 e. The first-order valence-corrected chi connectivity index (χ1v) is 7.85. The van der Waals surface area contributed by atoms with Crippen LogP contribution in [0, 0.1) is 5.82 Å². The van der Waals surface area contributed by atoms with Crippen LogP contribution >= 0.6 is 0 Å². The number of rotatable bonds is 4. The molecule has 7 heteroatoms. The van der Waals surface area contributed by atoms with Crippen molar-refractivity contribution in [3.8, 4) is 5.75 Å². The predicted octanol–water partition coefficient (Wildman–Crippen LogP) is 1.37. The Balaban J connectivity index is 1.82. The normalized spacial score (nSPS) is 17.3. The molecule has 1 aromatic carbocycles. The van der Waals surface area contributed by atoms with Crippen molar-refractivity contribution in [3.05, 3.63) is 47.5 Å². The summed E-state index contributed by atoms with van der Waals surface area (Å²) >= 11 is 0. The van der Waals surface area contributed by atoms with Gasteiger partial charge in [0.05, 0.1) is 38.4 Å². The number of ether oxygens (including phenoxy) is 1. The number of nitrogens with zero attached hydrogens (tertiary/aromatic N) is 3. The molecule has 6 nitrogen and oxygen atoms in total. The molecule has 1 unspecified atom stereocenters. The Morgan fingerprint density at radius 3 is 3.04 bits per heavy atom. The van der Waals surface area contributed by atoms with Crippen molar-refractivity contribution in [2.45, 2.75) is 32.0 Å². The summed E-state index contributed by atoms with van der Waals surface area (Å²) in [4.78, 5) is 14.5. The van der Waals surface area contributed by atoms with Gasteiger partial charge in [-0.25, -0.2) is 4.39 Å². The highest BCUT2D eigenvalue weighted by atomic mass is 19.1. The molecular weight excluding hydrogens is 313 g/mol. The van der Waals surface area contributed by atoms with Gasteiger partial charge in [0.25, 0.3) is 0 Å². The second-order valence-electron chi connectivity index (χ2n) is 5.83. The number of halogens is 1. The Bertz CT molecular complexity index is 732. The number of aliphatic hydroxyl groups excluding tert-OH is 1. The minimum atomic E-state index is -0.407. The number of aryl methyl sites for hydroxylation is 1. The van der Waals surface area contributed by atoms with Gasteiger partial charge in [-0.3, -0.25) is 9.48 Å². The summed E-state index contributed by atoms with van der Waals surface area (Å²) in [6.07, 6.45) is 2.44. The minimum absolute atomic E-state index is 0.0914. The van der Waals surface area contributed by atoms with Crippen molar-refractivity contribution in [1.29, 1.82) is 0 Å². The van der Waals surface area contributed by atoms with Crippen LogP contribution in [0.4, 0.5) is 4.39 Å². The van der Waals surface area contributed by atoms with Gasteiger partial charge < -0.3 is 14.7 Å². The van der Waals surface area contributed by atoms with Crippen molar-refractivity contribution in [2.24, 2.45) is 0 Å². The number of carbonyl (C=O) groups is 1. The van der Waals surface area contributed by atoms with Crippen LogP contribution in [0.2, 0.25) is 0 Å². The number of aliphatic hydroxyl groups is 1. The molecule has 128 valence electrons. The Hall–Kier alpha value is -2.41. The molecule has 2 aromatic rings. The Morgan fingerprint density at radius 1 is 1.46 bits per heavy atom. The monoisotopic (exact) mass is 333 g/mol. The van der Waals surface area contributed by atoms with Gasteiger partial charge in [-0.15, -0.1) is 0 Å². The van der Waals surface area contributed by atoms with Crippen LogP contribution in [0.15, 0.2) is 30.5 Å². The lowest BCUT2D eigenvalue weighted by molar-refractivity contribution is -0.134. The fraction of sp³-hybridized carbons (Fsp3) is 0.412. The second-order valence-corrected chi connectivity index (χ2v) is 5.83. The molecule has 1 atom stereocenters. The Labute approximate surface area is 139 Å². The maximum absolute atomic E-state index is 13.3. The van der Waals surface area contributed by atoms with E-state index in [9.17, 15) is 14.3 Å². The maximum Gasteiger partial charge on any atom is 0.227 e. The van der Waals surface area contributed by atoms with Gasteiger partial charge in [-0.05, 0) is 18.6 Å². The molecular formula is C17H20FN3O3. The Kier molecular flexibility index (Phi) is 4.80. The van der Waals surface area contributed by atoms with Crippen molar-refractivity contribution >= 4 is 5.91 Å². The highest BCUT2D eigenvalue weighted by Gasteiger charge is 2.28. The molecule has 2 heterocycles. The van der Waals surface area contributed by atoms with Gasteiger partial charge in [0, 0.05) is 24.4 Å². The number of amides is 1. The molecule has 24 heavy (non-hydrogen) atoms. The van der Waals surface area contributed by atoms with Crippen LogP contribution < -0.4 is 4.74 Å². The number of aromatic nitrogens is 2. The maximum atomic E-state index is 13.3. The molecule has 1 aromatic heterocycles. The highest BCUT2D eigenvalue weighted by Crippen LogP contribution is 2.23. The summed E-state index contributed by atoms with van der Waals surface area (Å²) in [5.74, 6) is -0.188. The van der Waals surface area contributed by atoms with Gasteiger partial charge >= 0.3 is 0 Å². The molecule has 1 N–H and O–H groups in total. The van der Waals surface area contributed by atoms with Crippen molar-refractivity contribution < 1.29 is 19.0 Å². The van der Waals surface area contributed by atoms with Crippen molar-refractivity contribution in [1.82, 2.24) is 14.7 Å². The summed E-state index contributed by atoms with van der Waals surface area (Å²) in [6.45, 7) is 0.960. The lowest BCUT2D eigenvalue weighted by Crippen LogP contribution is -2.42. The summed E-state index contributed by atoms with van der Waals surface area (Å²) < 4.78 is 20.3. The van der Waals surface area contributed by atoms with Crippen LogP contribution in [-0.2, 0) is 24.3 Å². The third-order valence-corrected chi connectivity index (χ3v) is 4.37. The second kappa shape index (κ2) is 7.00. The zero-order valence-electron chi connectivity index (χ0n) is 13.5. The largest absolute Gasteiger partial charge is 0.496 e. The first-order valence-electron chi connectivity index (χ1n) is 7.85. The van der Waals surface area contributed by atoms with Gasteiger partial charge in [-0.2, -0.15) is 5.10 Å². The summed E-state index contributed by atoms with van der Waals surface area (Å²) in [5.41, 5.74) is 1.56. The molecule has 0 aliphatic carbocycles. The first-order chi connectivity index (χ1) is 11.6. The standard InChI is InChI=1S/C17H20FN3O3/c1-24-16-9-13(18)3-2-12(16)8-17(23)20-10-14-4-6-19-21(14)7-5-15(20)11-22/h2-4,6,9,15,22H,5,7-8,10-11H2,1H3. The summed E-state index contributed by atoms with van der Waals surface area (Å²) in [5, 5.41) is 13.9. The van der Waals surface area contributed by atoms with Crippen LogP contribution in [0.25, 0.3) is 0 Å². The fourth-order valence-electron chi connectivity index (χ4n) is 3.04. The number of hydrogen-bond acceptors (Lipinski definition) is 4. The molecule has 0 fully saturated rings. The lowest BCUT2D eigenvalue weighted by Gasteiger charge is -2.28. The van der Waals surface area contributed by atoms with E-state index in [4.69, 9.17) is 4.74 Å².